The van der Waals surface area contributed by atoms with Crippen molar-refractivity contribution in [3.8, 4) is 0 Å². The number of carbonyl (C=O) groups is 1. The molecule has 0 heterocycles. The molecule has 48 valence electrons. The van der Waals surface area contributed by atoms with Crippen LogP contribution in [0.25, 0.3) is 0 Å². The third kappa shape index (κ3) is 3.98. The number of hydrogen-bond acceptors (Lipinski definition) is 2. The molecule has 4 heteroatoms. The normalized spacial score (nSPS) is 7.33. The molecular weight excluding hydrogens is 378 g/mol. The van der Waals surface area contributed by atoms with Gasteiger partial charge in [-0.2, -0.15) is 4.39 Å². The molecule has 0 aliphatic rings. The molecule has 0 bridgehead atoms. The first kappa shape index (κ1) is 10.2. The van der Waals surface area contributed by atoms with Gasteiger partial charge < -0.3 is 11.7 Å². The monoisotopic (exact) mass is 384 g/mol. The minimum absolute atomic E-state index is 0. The van der Waals surface area contributed by atoms with Crippen LogP contribution in [-0.2, 0) is 9.53 Å². The van der Waals surface area contributed by atoms with Gasteiger partial charge in [0.05, 0.1) is 0 Å². The van der Waals surface area contributed by atoms with E-state index in [0.717, 1.165) is 0 Å². The van der Waals surface area contributed by atoms with Crippen LogP contribution in [0.1, 0.15) is 0 Å². The van der Waals surface area contributed by atoms with Gasteiger partial charge in [0.1, 0.15) is 0 Å². The number of carbonyl (C=O) groups excluding carboxylic acids is 1. The Balaban J connectivity index is 0. The van der Waals surface area contributed by atoms with Crippen LogP contribution in [0.3, 0.4) is 0 Å². The Hall–Kier alpha value is -1.86. The fourth-order valence-electron chi connectivity index (χ4n) is 0.171. The summed E-state index contributed by atoms with van der Waals surface area (Å²) >= 11 is 0. The van der Waals surface area contributed by atoms with Crippen LogP contribution in [0.2, 0.25) is 0 Å². The van der Waals surface area contributed by atoms with Crippen molar-refractivity contribution in [3.63, 3.8) is 0 Å². The quantitative estimate of drug-likeness (QED) is 0.401. The molecule has 0 aromatic heterocycles. The topological polar surface area (TPSA) is 26.3 Å². The first-order valence-electron chi connectivity index (χ1n) is 1.99. The number of halogens is 1. The number of hydrogen-bond donors (Lipinski definition) is 0. The zero-order chi connectivity index (χ0) is 6.57. The van der Waals surface area contributed by atoms with Crippen molar-refractivity contribution in [1.82, 2.24) is 0 Å². The number of ether oxygens (including phenoxy) is 1. The molecule has 0 atom stereocenters. The fraction of sp³-hybridized carbons (Fsp3) is 0.200. The minimum atomic E-state index is -1.09. The number of esters is 1. The zero-order valence-corrected chi connectivity index (χ0v) is 11.4. The summed E-state index contributed by atoms with van der Waals surface area (Å²) in [5.74, 6) is -2.13. The van der Waals surface area contributed by atoms with Crippen LogP contribution in [0.15, 0.2) is 12.4 Å². The van der Waals surface area contributed by atoms with E-state index in [-0.39, 0.29) is 6.61 Å². The van der Waals surface area contributed by atoms with Crippen molar-refractivity contribution in [2.45, 2.75) is 0 Å². The van der Waals surface area contributed by atoms with Crippen LogP contribution in [0.4, 0.5) is 4.39 Å². The minimum Gasteiger partial charge on any atom is -0.494 e. The van der Waals surface area contributed by atoms with Crippen molar-refractivity contribution in [3.05, 3.63) is 19.3 Å². The number of rotatable bonds is 2. The van der Waals surface area contributed by atoms with Gasteiger partial charge in [-0.3, -0.25) is 0 Å². The third-order valence-electron chi connectivity index (χ3n) is 0.455. The van der Waals surface area contributed by atoms with Crippen molar-refractivity contribution in [1.29, 1.82) is 0 Å². The second kappa shape index (κ2) is 4.30. The maximum absolute atomic E-state index is 11.6. The molecule has 0 amide bonds. The van der Waals surface area contributed by atoms with Gasteiger partial charge in [-0.1, -0.05) is 6.58 Å². The molecule has 0 aromatic carbocycles. The molecule has 0 rings (SSSR count). The van der Waals surface area contributed by atoms with Gasteiger partial charge >= 0.3 is 5.97 Å². The molecule has 0 saturated carbocycles. The largest absolute Gasteiger partial charge is 0.494 e. The molecule has 0 radical (unpaired) electrons. The van der Waals surface area contributed by atoms with Crippen LogP contribution in [-0.4, -0.2) is 12.6 Å². The fourth-order valence-corrected chi connectivity index (χ4v) is 0.171. The van der Waals surface area contributed by atoms with Crippen molar-refractivity contribution in [2.24, 2.45) is 0 Å². The SMILES string of the molecule is C=C(F)C(=O)OC[CH2-].[Rf]. The molecule has 0 spiro atoms. The van der Waals surface area contributed by atoms with E-state index in [0.29, 0.717) is 0 Å². The second-order valence-corrected chi connectivity index (χ2v) is 1.04. The summed E-state index contributed by atoms with van der Waals surface area (Å²) in [7, 11) is 0. The Morgan fingerprint density at radius 2 is 2.22 bits per heavy atom. The van der Waals surface area contributed by atoms with E-state index in [2.05, 4.69) is 18.2 Å². The van der Waals surface area contributed by atoms with Gasteiger partial charge in [0.2, 0.25) is 5.83 Å². The van der Waals surface area contributed by atoms with E-state index in [9.17, 15) is 9.18 Å². The Labute approximate surface area is 47.0 Å². The predicted molar refractivity (Wildman–Crippen MR) is 26.6 cm³/mol. The summed E-state index contributed by atoms with van der Waals surface area (Å²) in [4.78, 5) is 10.0. The van der Waals surface area contributed by atoms with E-state index >= 15 is 0 Å². The van der Waals surface area contributed by atoms with E-state index in [1.54, 1.807) is 0 Å². The molecule has 0 N–H and O–H groups in total. The van der Waals surface area contributed by atoms with E-state index < -0.39 is 11.8 Å². The summed E-state index contributed by atoms with van der Waals surface area (Å²) in [5.41, 5.74) is 0. The Morgan fingerprint density at radius 1 is 1.78 bits per heavy atom. The van der Waals surface area contributed by atoms with Gasteiger partial charge in [0, 0.05) is 0 Å². The molecule has 0 saturated heterocycles. The maximum atomic E-state index is 11.6. The summed E-state index contributed by atoms with van der Waals surface area (Å²) in [6.45, 7) is 5.79. The second-order valence-electron chi connectivity index (χ2n) is 1.04. The van der Waals surface area contributed by atoms with E-state index in [1.165, 1.54) is 0 Å². The van der Waals surface area contributed by atoms with Gasteiger partial charge in [-0.05, 0) is 6.61 Å². The van der Waals surface area contributed by atoms with Crippen molar-refractivity contribution >= 4 is 5.97 Å². The molecular formula is C5H6FO2Rf-. The summed E-state index contributed by atoms with van der Waals surface area (Å²) in [6, 6.07) is 0. The van der Waals surface area contributed by atoms with E-state index in [4.69, 9.17) is 0 Å². The maximum Gasteiger partial charge on any atom is 0.363 e. The Morgan fingerprint density at radius 3 is 2.33 bits per heavy atom. The van der Waals surface area contributed by atoms with Crippen LogP contribution >= 0.6 is 0 Å². The predicted octanol–water partition coefficient (Wildman–Crippen LogP) is 0.847. The summed E-state index contributed by atoms with van der Waals surface area (Å²) in [5, 5.41) is 0. The molecule has 0 unspecified atom stereocenters. The van der Waals surface area contributed by atoms with Gasteiger partial charge in [0.15, 0.2) is 0 Å². The van der Waals surface area contributed by atoms with Crippen LogP contribution in [0.5, 0.6) is 0 Å². The van der Waals surface area contributed by atoms with Gasteiger partial charge in [-0.25, -0.2) is 4.79 Å². The van der Waals surface area contributed by atoms with Crippen molar-refractivity contribution in [2.75, 3.05) is 6.61 Å². The molecule has 9 heavy (non-hydrogen) atoms. The smallest absolute Gasteiger partial charge is 0.363 e. The average Bonchev–Trinajstić information content (AvgIpc) is 1.67. The Kier molecular flexibility index (Phi) is 4.87. The zero-order valence-electron chi connectivity index (χ0n) is 5.02. The average molecular weight is 384 g/mol. The first-order chi connectivity index (χ1) is 3.68. The van der Waals surface area contributed by atoms with Gasteiger partial charge in [0.25, 0.3) is 0 Å². The first-order valence-corrected chi connectivity index (χ1v) is 1.99. The molecule has 0 aliphatic carbocycles. The summed E-state index contributed by atoms with van der Waals surface area (Å²) in [6.07, 6.45) is 0. The molecule has 0 fully saturated rings. The molecule has 0 aliphatic heterocycles. The van der Waals surface area contributed by atoms with Gasteiger partial charge in [-0.15, -0.1) is 0 Å². The van der Waals surface area contributed by atoms with Crippen LogP contribution < -0.4 is 0 Å². The Bertz CT molecular complexity index is 114. The molecule has 0 aromatic rings. The summed E-state index contributed by atoms with van der Waals surface area (Å²) < 4.78 is 15.7. The molecule has 2 nitrogen and oxygen atoms in total. The third-order valence-corrected chi connectivity index (χ3v) is 0.455. The van der Waals surface area contributed by atoms with Crippen LogP contribution in [0, 0.1) is 6.92 Å². The van der Waals surface area contributed by atoms with Crippen molar-refractivity contribution < 1.29 is 13.9 Å². The van der Waals surface area contributed by atoms with E-state index in [1.807, 2.05) is 0 Å². The standard InChI is InChI=1S/C5H6FO2.Rf/c1-3-8-5(7)4(2)6;/h1-3H2;/q-1;.